The van der Waals surface area contributed by atoms with Crippen LogP contribution in [0, 0.1) is 0 Å². The van der Waals surface area contributed by atoms with Crippen LogP contribution in [0.3, 0.4) is 0 Å². The van der Waals surface area contributed by atoms with E-state index in [1.807, 2.05) is 6.07 Å². The first-order valence-corrected chi connectivity index (χ1v) is 6.91. The van der Waals surface area contributed by atoms with Gasteiger partial charge in [-0.25, -0.2) is 0 Å². The summed E-state index contributed by atoms with van der Waals surface area (Å²) in [5.41, 5.74) is 0. The number of likely N-dealkylation sites (N-methyl/N-ethyl adjacent to an activating group) is 1. The van der Waals surface area contributed by atoms with E-state index in [0.29, 0.717) is 22.1 Å². The normalized spacial score (nSPS) is 29.1. The van der Waals surface area contributed by atoms with Crippen LogP contribution in [0.25, 0.3) is 0 Å². The Morgan fingerprint density at radius 1 is 1.11 bits per heavy atom. The Hall–Kier alpha value is -0.410. The molecule has 2 nitrogen and oxygen atoms in total. The lowest BCUT2D eigenvalue weighted by molar-refractivity contribution is 0.0752. The molecule has 104 valence electrons. The molecule has 3 rings (SSSR count). The highest BCUT2D eigenvalue weighted by molar-refractivity contribution is 6.42. The van der Waals surface area contributed by atoms with E-state index in [9.17, 15) is 0 Å². The molecule has 0 aliphatic carbocycles. The summed E-state index contributed by atoms with van der Waals surface area (Å²) in [7, 11) is 2.17. The molecule has 1 aromatic rings. The average molecular weight is 321 g/mol. The maximum atomic E-state index is 6.01. The molecule has 0 N–H and O–H groups in total. The lowest BCUT2D eigenvalue weighted by Crippen LogP contribution is -2.44. The second-order valence-electron chi connectivity index (χ2n) is 4.97. The van der Waals surface area contributed by atoms with Crippen molar-refractivity contribution in [1.82, 2.24) is 4.90 Å². The number of hydrogen-bond donors (Lipinski definition) is 0. The molecular weight excluding hydrogens is 305 g/mol. The number of fused-ring (bicyclic) bond motifs is 2. The third kappa shape index (κ3) is 3.03. The van der Waals surface area contributed by atoms with Crippen molar-refractivity contribution >= 4 is 35.6 Å². The monoisotopic (exact) mass is 319 g/mol. The first-order chi connectivity index (χ1) is 8.63. The topological polar surface area (TPSA) is 12.5 Å². The summed E-state index contributed by atoms with van der Waals surface area (Å²) < 4.78 is 6.01. The molecule has 1 unspecified atom stereocenters. The van der Waals surface area contributed by atoms with Crippen molar-refractivity contribution in [2.45, 2.75) is 31.0 Å². The van der Waals surface area contributed by atoms with Crippen LogP contribution < -0.4 is 4.74 Å². The minimum atomic E-state index is 0. The molecule has 19 heavy (non-hydrogen) atoms. The van der Waals surface area contributed by atoms with Crippen molar-refractivity contribution < 1.29 is 4.74 Å². The smallest absolute Gasteiger partial charge is 0.121 e. The minimum absolute atomic E-state index is 0. The molecule has 0 aromatic heterocycles. The van der Waals surface area contributed by atoms with Crippen LogP contribution in [0.5, 0.6) is 5.75 Å². The van der Waals surface area contributed by atoms with Gasteiger partial charge in [-0.3, -0.25) is 4.90 Å². The predicted octanol–water partition coefficient (Wildman–Crippen LogP) is 4.20. The van der Waals surface area contributed by atoms with E-state index in [0.717, 1.165) is 18.6 Å². The molecule has 1 fully saturated rings. The fraction of sp³-hybridized carbons (Fsp3) is 0.429. The third-order valence-electron chi connectivity index (χ3n) is 3.80. The quantitative estimate of drug-likeness (QED) is 0.757. The highest BCUT2D eigenvalue weighted by Gasteiger charge is 2.35. The molecule has 2 aliphatic heterocycles. The van der Waals surface area contributed by atoms with Crippen LogP contribution in [-0.4, -0.2) is 30.1 Å². The van der Waals surface area contributed by atoms with Gasteiger partial charge in [0.15, 0.2) is 0 Å². The van der Waals surface area contributed by atoms with Gasteiger partial charge < -0.3 is 4.74 Å². The molecule has 0 saturated carbocycles. The number of rotatable bonds is 2. The van der Waals surface area contributed by atoms with E-state index < -0.39 is 0 Å². The van der Waals surface area contributed by atoms with Gasteiger partial charge in [0.25, 0.3) is 0 Å². The van der Waals surface area contributed by atoms with Crippen LogP contribution in [-0.2, 0) is 0 Å². The standard InChI is InChI=1S/C14H15Cl2NO.ClH/c1-17-9-2-3-10(17)7-12(6-9)18-11-4-5-13(15)14(16)8-11;/h2-5,8-10,12H,6-7H2,1H3;1H/t9-,10+,12?;. The maximum Gasteiger partial charge on any atom is 0.121 e. The summed E-state index contributed by atoms with van der Waals surface area (Å²) in [6.45, 7) is 0. The van der Waals surface area contributed by atoms with Gasteiger partial charge in [-0.1, -0.05) is 35.4 Å². The zero-order chi connectivity index (χ0) is 12.7. The van der Waals surface area contributed by atoms with E-state index in [1.165, 1.54) is 0 Å². The third-order valence-corrected chi connectivity index (χ3v) is 4.54. The van der Waals surface area contributed by atoms with Crippen molar-refractivity contribution in [3.05, 3.63) is 40.4 Å². The van der Waals surface area contributed by atoms with Crippen molar-refractivity contribution in [2.24, 2.45) is 0 Å². The Labute approximate surface area is 129 Å². The first kappa shape index (κ1) is 15.0. The SMILES string of the molecule is CN1[C@@H]2C=C[C@H]1CC(Oc1ccc(Cl)c(Cl)c1)C2.Cl. The van der Waals surface area contributed by atoms with Gasteiger partial charge in [-0.05, 0) is 19.2 Å². The molecule has 1 saturated heterocycles. The fourth-order valence-electron chi connectivity index (χ4n) is 2.74. The van der Waals surface area contributed by atoms with Crippen molar-refractivity contribution in [1.29, 1.82) is 0 Å². The Balaban J connectivity index is 0.00000133. The molecule has 2 aliphatic rings. The van der Waals surface area contributed by atoms with E-state index in [4.69, 9.17) is 27.9 Å². The minimum Gasteiger partial charge on any atom is -0.490 e. The Morgan fingerprint density at radius 3 is 2.32 bits per heavy atom. The number of benzene rings is 1. The van der Waals surface area contributed by atoms with Crippen molar-refractivity contribution in [3.8, 4) is 5.75 Å². The van der Waals surface area contributed by atoms with Crippen LogP contribution >= 0.6 is 35.6 Å². The van der Waals surface area contributed by atoms with E-state index in [-0.39, 0.29) is 18.5 Å². The highest BCUT2D eigenvalue weighted by atomic mass is 35.5. The summed E-state index contributed by atoms with van der Waals surface area (Å²) in [5.74, 6) is 0.804. The van der Waals surface area contributed by atoms with Crippen LogP contribution in [0.1, 0.15) is 12.8 Å². The summed E-state index contributed by atoms with van der Waals surface area (Å²) in [4.78, 5) is 2.40. The summed E-state index contributed by atoms with van der Waals surface area (Å²) in [6.07, 6.45) is 6.88. The molecule has 0 spiro atoms. The van der Waals surface area contributed by atoms with Gasteiger partial charge in [0.2, 0.25) is 0 Å². The van der Waals surface area contributed by atoms with Gasteiger partial charge in [0.05, 0.1) is 10.0 Å². The van der Waals surface area contributed by atoms with Gasteiger partial charge >= 0.3 is 0 Å². The number of piperidine rings is 1. The van der Waals surface area contributed by atoms with Gasteiger partial charge in [0, 0.05) is 31.0 Å². The highest BCUT2D eigenvalue weighted by Crippen LogP contribution is 2.33. The second-order valence-corrected chi connectivity index (χ2v) is 5.79. The fourth-order valence-corrected chi connectivity index (χ4v) is 3.03. The van der Waals surface area contributed by atoms with Crippen LogP contribution in [0.2, 0.25) is 10.0 Å². The van der Waals surface area contributed by atoms with Crippen LogP contribution in [0.15, 0.2) is 30.4 Å². The lowest BCUT2D eigenvalue weighted by Gasteiger charge is -2.36. The zero-order valence-electron chi connectivity index (χ0n) is 10.6. The zero-order valence-corrected chi connectivity index (χ0v) is 12.9. The molecule has 0 radical (unpaired) electrons. The Morgan fingerprint density at radius 2 is 1.74 bits per heavy atom. The Bertz CT molecular complexity index is 476. The average Bonchev–Trinajstić information content (AvgIpc) is 2.58. The molecular formula is C14H16Cl3NO. The first-order valence-electron chi connectivity index (χ1n) is 6.15. The van der Waals surface area contributed by atoms with Crippen molar-refractivity contribution in [3.63, 3.8) is 0 Å². The van der Waals surface area contributed by atoms with Crippen molar-refractivity contribution in [2.75, 3.05) is 7.05 Å². The van der Waals surface area contributed by atoms with Gasteiger partial charge in [-0.2, -0.15) is 0 Å². The Kier molecular flexibility index (Phi) is 4.67. The second kappa shape index (κ2) is 5.92. The van der Waals surface area contributed by atoms with E-state index in [1.54, 1.807) is 12.1 Å². The molecule has 3 atom stereocenters. The van der Waals surface area contributed by atoms with E-state index in [2.05, 4.69) is 24.1 Å². The summed E-state index contributed by atoms with van der Waals surface area (Å²) >= 11 is 11.9. The molecule has 2 bridgehead atoms. The number of hydrogen-bond acceptors (Lipinski definition) is 2. The number of ether oxygens (including phenoxy) is 1. The van der Waals surface area contributed by atoms with Crippen LogP contribution in [0.4, 0.5) is 0 Å². The van der Waals surface area contributed by atoms with E-state index >= 15 is 0 Å². The predicted molar refractivity (Wildman–Crippen MR) is 81.8 cm³/mol. The number of nitrogens with zero attached hydrogens (tertiary/aromatic N) is 1. The molecule has 0 amide bonds. The molecule has 2 heterocycles. The lowest BCUT2D eigenvalue weighted by atomic mass is 9.99. The van der Waals surface area contributed by atoms with Gasteiger partial charge in [0.1, 0.15) is 11.9 Å². The van der Waals surface area contributed by atoms with Gasteiger partial charge in [-0.15, -0.1) is 12.4 Å². The largest absolute Gasteiger partial charge is 0.490 e. The molecule has 1 aromatic carbocycles. The maximum absolute atomic E-state index is 6.01. The number of halogens is 3. The molecule has 5 heteroatoms. The summed E-state index contributed by atoms with van der Waals surface area (Å²) in [5, 5.41) is 1.11. The summed E-state index contributed by atoms with van der Waals surface area (Å²) in [6, 6.07) is 6.47.